The summed E-state index contributed by atoms with van der Waals surface area (Å²) in [5.41, 5.74) is 3.10. The van der Waals surface area contributed by atoms with Gasteiger partial charge in [-0.15, -0.1) is 0 Å². The van der Waals surface area contributed by atoms with Gasteiger partial charge in [-0.3, -0.25) is 0 Å². The number of aliphatic hydroxyl groups excluding tert-OH is 1. The number of carbonyl (C=O) groups is 1. The molecule has 8 nitrogen and oxygen atoms in total. The Bertz CT molecular complexity index is 1560. The third-order valence-corrected chi connectivity index (χ3v) is 6.35. The third kappa shape index (κ3) is 6.13. The van der Waals surface area contributed by atoms with Crippen LogP contribution in [0.25, 0.3) is 21.8 Å². The lowest BCUT2D eigenvalue weighted by Crippen LogP contribution is -2.37. The maximum Gasteiger partial charge on any atom is 0.337 e. The highest BCUT2D eigenvalue weighted by atomic mass is 16.5. The maximum atomic E-state index is 11.0. The van der Waals surface area contributed by atoms with Gasteiger partial charge in [0.05, 0.1) is 11.1 Å². The van der Waals surface area contributed by atoms with Gasteiger partial charge in [-0.05, 0) is 54.4 Å². The second-order valence-corrected chi connectivity index (χ2v) is 9.90. The van der Waals surface area contributed by atoms with E-state index in [4.69, 9.17) is 14.6 Å². The topological polar surface area (TPSA) is 108 Å². The van der Waals surface area contributed by atoms with E-state index in [2.05, 4.69) is 34.8 Å². The average Bonchev–Trinajstić information content (AvgIpc) is 3.31. The molecule has 2 heterocycles. The molecule has 0 bridgehead atoms. The molecule has 1 atom stereocenters. The van der Waals surface area contributed by atoms with Gasteiger partial charge in [0, 0.05) is 47.3 Å². The van der Waals surface area contributed by atoms with Crippen molar-refractivity contribution in [3.63, 3.8) is 0 Å². The molecule has 39 heavy (non-hydrogen) atoms. The summed E-state index contributed by atoms with van der Waals surface area (Å²) < 4.78 is 11.9. The van der Waals surface area contributed by atoms with Crippen LogP contribution < -0.4 is 14.4 Å². The fraction of sp³-hybridized carbons (Fsp3) is 0.226. The molecule has 0 aliphatic carbocycles. The van der Waals surface area contributed by atoms with E-state index in [-0.39, 0.29) is 12.2 Å². The Morgan fingerprint density at radius 1 is 0.949 bits per heavy atom. The van der Waals surface area contributed by atoms with Crippen LogP contribution in [0.5, 0.6) is 17.4 Å². The summed E-state index contributed by atoms with van der Waals surface area (Å²) in [4.78, 5) is 20.6. The van der Waals surface area contributed by atoms with Crippen molar-refractivity contribution in [2.75, 3.05) is 24.6 Å². The molecule has 0 saturated carbocycles. The van der Waals surface area contributed by atoms with Crippen molar-refractivity contribution in [2.24, 2.45) is 5.92 Å². The molecule has 0 fully saturated rings. The van der Waals surface area contributed by atoms with Gasteiger partial charge in [-0.2, -0.15) is 0 Å². The van der Waals surface area contributed by atoms with Gasteiger partial charge < -0.3 is 29.6 Å². The first-order valence-corrected chi connectivity index (χ1v) is 12.9. The molecule has 0 unspecified atom stereocenters. The number of carboxylic acids is 1. The standard InChI is InChI=1S/C31H31N3O5/c1-20(2)17-34(22-11-13-24(14-12-22)39-29-15-10-21(16-32-29)31(36)37)18-23(35)19-38-28-9-5-8-27-30(28)25-6-3-4-7-26(25)33-27/h3-16,20,23,33,35H,17-19H2,1-2H3,(H,36,37)/t23-/m0/s1. The number of aromatic amines is 1. The number of aromatic nitrogens is 2. The minimum atomic E-state index is -1.04. The molecule has 200 valence electrons. The number of nitrogens with one attached hydrogen (secondary N) is 1. The molecule has 0 amide bonds. The molecular formula is C31H31N3O5. The molecule has 5 aromatic rings. The van der Waals surface area contributed by atoms with E-state index in [0.717, 1.165) is 39.8 Å². The number of rotatable bonds is 11. The fourth-order valence-corrected chi connectivity index (χ4v) is 4.62. The molecule has 8 heteroatoms. The minimum absolute atomic E-state index is 0.0997. The van der Waals surface area contributed by atoms with Crippen LogP contribution >= 0.6 is 0 Å². The van der Waals surface area contributed by atoms with Crippen LogP contribution in [0, 0.1) is 5.92 Å². The van der Waals surface area contributed by atoms with Gasteiger partial charge in [-0.25, -0.2) is 9.78 Å². The van der Waals surface area contributed by atoms with Crippen molar-refractivity contribution < 1.29 is 24.5 Å². The van der Waals surface area contributed by atoms with Crippen LogP contribution in [0.4, 0.5) is 5.69 Å². The zero-order chi connectivity index (χ0) is 27.4. The number of anilines is 1. The molecular weight excluding hydrogens is 494 g/mol. The number of para-hydroxylation sites is 1. The normalized spacial score (nSPS) is 12.1. The van der Waals surface area contributed by atoms with E-state index in [1.165, 1.54) is 18.3 Å². The van der Waals surface area contributed by atoms with Gasteiger partial charge in [0.1, 0.15) is 24.2 Å². The number of ether oxygens (including phenoxy) is 2. The summed E-state index contributed by atoms with van der Waals surface area (Å²) in [6, 6.07) is 24.5. The summed E-state index contributed by atoms with van der Waals surface area (Å²) in [5.74, 6) is 0.974. The molecule has 3 aromatic carbocycles. The highest BCUT2D eigenvalue weighted by Gasteiger charge is 2.17. The Morgan fingerprint density at radius 2 is 1.72 bits per heavy atom. The first kappa shape index (κ1) is 26.1. The van der Waals surface area contributed by atoms with Gasteiger partial charge >= 0.3 is 5.97 Å². The molecule has 0 saturated heterocycles. The van der Waals surface area contributed by atoms with Crippen molar-refractivity contribution >= 4 is 33.5 Å². The maximum absolute atomic E-state index is 11.0. The number of carboxylic acid groups (broad SMARTS) is 1. The molecule has 0 aliphatic heterocycles. The smallest absolute Gasteiger partial charge is 0.337 e. The number of hydrogen-bond acceptors (Lipinski definition) is 6. The van der Waals surface area contributed by atoms with Crippen molar-refractivity contribution in [3.05, 3.63) is 90.6 Å². The van der Waals surface area contributed by atoms with Crippen molar-refractivity contribution in [1.82, 2.24) is 9.97 Å². The number of hydrogen-bond donors (Lipinski definition) is 3. The summed E-state index contributed by atoms with van der Waals surface area (Å²) in [6.07, 6.45) is 0.552. The minimum Gasteiger partial charge on any atom is -0.490 e. The number of benzene rings is 3. The third-order valence-electron chi connectivity index (χ3n) is 6.35. The summed E-state index contributed by atoms with van der Waals surface area (Å²) in [5, 5.41) is 22.1. The lowest BCUT2D eigenvalue weighted by atomic mass is 10.1. The largest absolute Gasteiger partial charge is 0.490 e. The highest BCUT2D eigenvalue weighted by Crippen LogP contribution is 2.33. The SMILES string of the molecule is CC(C)CN(C[C@H](O)COc1cccc2[nH]c3ccccc3c12)c1ccc(Oc2ccc(C(=O)O)cn2)cc1. The lowest BCUT2D eigenvalue weighted by molar-refractivity contribution is 0.0696. The quantitative estimate of drug-likeness (QED) is 0.191. The van der Waals surface area contributed by atoms with Crippen LogP contribution in [-0.2, 0) is 0 Å². The Labute approximate surface area is 226 Å². The molecule has 5 rings (SSSR count). The lowest BCUT2D eigenvalue weighted by Gasteiger charge is -2.29. The number of pyridine rings is 1. The van der Waals surface area contributed by atoms with E-state index in [9.17, 15) is 9.90 Å². The van der Waals surface area contributed by atoms with Gasteiger partial charge in [0.15, 0.2) is 0 Å². The molecule has 3 N–H and O–H groups in total. The zero-order valence-corrected chi connectivity index (χ0v) is 21.9. The molecule has 0 radical (unpaired) electrons. The monoisotopic (exact) mass is 525 g/mol. The Morgan fingerprint density at radius 3 is 2.44 bits per heavy atom. The number of H-pyrrole nitrogens is 1. The Kier molecular flexibility index (Phi) is 7.65. The van der Waals surface area contributed by atoms with E-state index in [1.807, 2.05) is 60.7 Å². The Hall–Kier alpha value is -4.56. The summed E-state index contributed by atoms with van der Waals surface area (Å²) in [6.45, 7) is 5.59. The number of aromatic carboxylic acids is 1. The number of nitrogens with zero attached hydrogens (tertiary/aromatic N) is 2. The number of fused-ring (bicyclic) bond motifs is 3. The zero-order valence-electron chi connectivity index (χ0n) is 21.9. The Balaban J connectivity index is 1.25. The predicted molar refractivity (Wildman–Crippen MR) is 152 cm³/mol. The van der Waals surface area contributed by atoms with Crippen molar-refractivity contribution in [1.29, 1.82) is 0 Å². The van der Waals surface area contributed by atoms with Gasteiger partial charge in [0.2, 0.25) is 5.88 Å². The van der Waals surface area contributed by atoms with Crippen LogP contribution in [-0.4, -0.2) is 52.0 Å². The summed E-state index contributed by atoms with van der Waals surface area (Å²) in [7, 11) is 0. The molecule has 2 aromatic heterocycles. The van der Waals surface area contributed by atoms with Crippen LogP contribution in [0.15, 0.2) is 85.1 Å². The predicted octanol–water partition coefficient (Wildman–Crippen LogP) is 6.11. The van der Waals surface area contributed by atoms with Crippen molar-refractivity contribution in [2.45, 2.75) is 20.0 Å². The fourth-order valence-electron chi connectivity index (χ4n) is 4.62. The van der Waals surface area contributed by atoms with E-state index in [0.29, 0.717) is 24.1 Å². The van der Waals surface area contributed by atoms with Gasteiger partial charge in [0.25, 0.3) is 0 Å². The van der Waals surface area contributed by atoms with Crippen LogP contribution in [0.3, 0.4) is 0 Å². The van der Waals surface area contributed by atoms with E-state index >= 15 is 0 Å². The molecule has 0 aliphatic rings. The number of aliphatic hydroxyl groups is 1. The van der Waals surface area contributed by atoms with Crippen LogP contribution in [0.2, 0.25) is 0 Å². The van der Waals surface area contributed by atoms with Crippen molar-refractivity contribution in [3.8, 4) is 17.4 Å². The van der Waals surface area contributed by atoms with Gasteiger partial charge in [-0.1, -0.05) is 38.1 Å². The highest BCUT2D eigenvalue weighted by molar-refractivity contribution is 6.10. The average molecular weight is 526 g/mol. The first-order chi connectivity index (χ1) is 18.9. The summed E-state index contributed by atoms with van der Waals surface area (Å²) >= 11 is 0. The first-order valence-electron chi connectivity index (χ1n) is 12.9. The van der Waals surface area contributed by atoms with E-state index in [1.54, 1.807) is 0 Å². The van der Waals surface area contributed by atoms with Crippen LogP contribution in [0.1, 0.15) is 24.2 Å². The second kappa shape index (κ2) is 11.4. The molecule has 0 spiro atoms. The second-order valence-electron chi connectivity index (χ2n) is 9.90. The van der Waals surface area contributed by atoms with E-state index < -0.39 is 12.1 Å².